The summed E-state index contributed by atoms with van der Waals surface area (Å²) in [6.07, 6.45) is 3.57. The molecule has 0 aliphatic heterocycles. The third-order valence-corrected chi connectivity index (χ3v) is 4.39. The van der Waals surface area contributed by atoms with Crippen LogP contribution in [0.5, 0.6) is 0 Å². The summed E-state index contributed by atoms with van der Waals surface area (Å²) in [7, 11) is 0. The lowest BCUT2D eigenvalue weighted by Crippen LogP contribution is -2.42. The number of carbonyl (C=O) groups is 2. The van der Waals surface area contributed by atoms with Crippen molar-refractivity contribution in [1.29, 1.82) is 0 Å². The summed E-state index contributed by atoms with van der Waals surface area (Å²) in [4.78, 5) is 23.2. The van der Waals surface area contributed by atoms with E-state index in [1.165, 1.54) is 11.3 Å². The highest BCUT2D eigenvalue weighted by Crippen LogP contribution is 2.31. The maximum absolute atomic E-state index is 12.1. The lowest BCUT2D eigenvalue weighted by Gasteiger charge is -2.30. The van der Waals surface area contributed by atoms with Gasteiger partial charge in [-0.3, -0.25) is 4.79 Å². The molecule has 2 rings (SSSR count). The van der Waals surface area contributed by atoms with Gasteiger partial charge in [0.15, 0.2) is 0 Å². The van der Waals surface area contributed by atoms with Gasteiger partial charge in [-0.2, -0.15) is 0 Å². The van der Waals surface area contributed by atoms with Crippen LogP contribution in [-0.2, 0) is 16.0 Å². The summed E-state index contributed by atoms with van der Waals surface area (Å²) in [6.45, 7) is 1.96. The zero-order chi connectivity index (χ0) is 13.8. The van der Waals surface area contributed by atoms with E-state index in [1.807, 2.05) is 6.92 Å². The van der Waals surface area contributed by atoms with Crippen LogP contribution in [0, 0.1) is 11.8 Å². The number of rotatable bonds is 4. The molecule has 1 saturated carbocycles. The normalized spacial score (nSPS) is 23.0. The Bertz CT molecular complexity index is 475. The summed E-state index contributed by atoms with van der Waals surface area (Å²) >= 11 is 1.32. The van der Waals surface area contributed by atoms with Crippen LogP contribution in [0.3, 0.4) is 0 Å². The zero-order valence-electron chi connectivity index (χ0n) is 10.7. The van der Waals surface area contributed by atoms with Crippen molar-refractivity contribution in [3.05, 3.63) is 5.01 Å². The largest absolute Gasteiger partial charge is 0.550 e. The first kappa shape index (κ1) is 13.9. The minimum absolute atomic E-state index is 0.285. The minimum atomic E-state index is -1.13. The molecule has 1 N–H and O–H groups in total. The zero-order valence-corrected chi connectivity index (χ0v) is 11.5. The van der Waals surface area contributed by atoms with E-state index in [0.29, 0.717) is 18.0 Å². The minimum Gasteiger partial charge on any atom is -0.550 e. The van der Waals surface area contributed by atoms with E-state index in [2.05, 4.69) is 15.5 Å². The molecule has 1 aliphatic carbocycles. The maximum atomic E-state index is 12.1. The molecule has 0 saturated heterocycles. The van der Waals surface area contributed by atoms with Crippen molar-refractivity contribution in [3.8, 4) is 0 Å². The number of amides is 1. The summed E-state index contributed by atoms with van der Waals surface area (Å²) < 4.78 is 0. The molecule has 19 heavy (non-hydrogen) atoms. The van der Waals surface area contributed by atoms with Gasteiger partial charge >= 0.3 is 0 Å². The number of carboxylic acid groups (broad SMARTS) is 1. The van der Waals surface area contributed by atoms with Gasteiger partial charge in [0.25, 0.3) is 0 Å². The van der Waals surface area contributed by atoms with E-state index < -0.39 is 17.8 Å². The highest BCUT2D eigenvalue weighted by atomic mass is 32.1. The summed E-state index contributed by atoms with van der Waals surface area (Å²) in [6, 6.07) is 0. The Morgan fingerprint density at radius 2 is 2.00 bits per heavy atom. The predicted molar refractivity (Wildman–Crippen MR) is 68.4 cm³/mol. The number of hydrogen-bond acceptors (Lipinski definition) is 6. The standard InChI is InChI=1S/C12H17N3O3S/c1-2-9-14-15-12(19-9)13-10(16)7-5-3-4-6-8(7)11(17)18/h7-8H,2-6H2,1H3,(H,17,18)(H,13,15,16)/p-1/t7-,8+/m0/s1. The second-order valence-corrected chi connectivity index (χ2v) is 5.72. The fourth-order valence-corrected chi connectivity index (χ4v) is 3.05. The molecule has 7 heteroatoms. The number of anilines is 1. The van der Waals surface area contributed by atoms with E-state index in [4.69, 9.17) is 0 Å². The van der Waals surface area contributed by atoms with Crippen LogP contribution in [-0.4, -0.2) is 22.1 Å². The average Bonchev–Trinajstić information content (AvgIpc) is 2.86. The third kappa shape index (κ3) is 3.28. The predicted octanol–water partition coefficient (Wildman–Crippen LogP) is 0.595. The molecule has 1 aromatic heterocycles. The molecule has 2 atom stereocenters. The Hall–Kier alpha value is -1.50. The molecule has 6 nitrogen and oxygen atoms in total. The van der Waals surface area contributed by atoms with E-state index >= 15 is 0 Å². The Balaban J connectivity index is 2.03. The molecule has 1 heterocycles. The van der Waals surface area contributed by atoms with Gasteiger partial charge < -0.3 is 15.2 Å². The molecule has 1 aromatic rings. The Labute approximate surface area is 115 Å². The van der Waals surface area contributed by atoms with Crippen molar-refractivity contribution in [3.63, 3.8) is 0 Å². The lowest BCUT2D eigenvalue weighted by atomic mass is 9.79. The molecular weight excluding hydrogens is 266 g/mol. The third-order valence-electron chi connectivity index (χ3n) is 3.40. The number of aryl methyl sites for hydroxylation is 1. The quantitative estimate of drug-likeness (QED) is 0.872. The van der Waals surface area contributed by atoms with Gasteiger partial charge in [-0.25, -0.2) is 0 Å². The molecule has 0 radical (unpaired) electrons. The van der Waals surface area contributed by atoms with Gasteiger partial charge in [0.2, 0.25) is 11.0 Å². The van der Waals surface area contributed by atoms with Crippen LogP contribution in [0.15, 0.2) is 0 Å². The second-order valence-electron chi connectivity index (χ2n) is 4.66. The Morgan fingerprint density at radius 3 is 2.58 bits per heavy atom. The van der Waals surface area contributed by atoms with E-state index in [-0.39, 0.29) is 5.91 Å². The van der Waals surface area contributed by atoms with Crippen LogP contribution < -0.4 is 10.4 Å². The van der Waals surface area contributed by atoms with Gasteiger partial charge in [0.1, 0.15) is 5.01 Å². The van der Waals surface area contributed by atoms with Crippen molar-refractivity contribution < 1.29 is 14.7 Å². The van der Waals surface area contributed by atoms with E-state index in [0.717, 1.165) is 24.3 Å². The molecular formula is C12H16N3O3S-. The van der Waals surface area contributed by atoms with E-state index in [1.54, 1.807) is 0 Å². The highest BCUT2D eigenvalue weighted by molar-refractivity contribution is 7.15. The van der Waals surface area contributed by atoms with Crippen LogP contribution in [0.1, 0.15) is 37.6 Å². The van der Waals surface area contributed by atoms with Gasteiger partial charge in [0, 0.05) is 17.8 Å². The topological polar surface area (TPSA) is 95.0 Å². The average molecular weight is 282 g/mol. The molecule has 0 unspecified atom stereocenters. The first-order valence-corrected chi connectivity index (χ1v) is 7.27. The van der Waals surface area contributed by atoms with E-state index in [9.17, 15) is 14.7 Å². The number of hydrogen-bond donors (Lipinski definition) is 1. The number of carbonyl (C=O) groups excluding carboxylic acids is 2. The van der Waals surface area contributed by atoms with Crippen LogP contribution in [0.25, 0.3) is 0 Å². The molecule has 0 aromatic carbocycles. The maximum Gasteiger partial charge on any atom is 0.229 e. The SMILES string of the molecule is CCc1nnc(NC(=O)[C@H]2CCCC[C@H]2C(=O)[O-])s1. The number of nitrogens with one attached hydrogen (secondary N) is 1. The molecule has 0 bridgehead atoms. The van der Waals surface area contributed by atoms with Crippen molar-refractivity contribution in [1.82, 2.24) is 10.2 Å². The van der Waals surface area contributed by atoms with Crippen LogP contribution in [0.4, 0.5) is 5.13 Å². The summed E-state index contributed by atoms with van der Waals surface area (Å²) in [5, 5.41) is 22.8. The first-order valence-electron chi connectivity index (χ1n) is 6.46. The fourth-order valence-electron chi connectivity index (χ4n) is 2.37. The van der Waals surface area contributed by atoms with Crippen molar-refractivity contribution in [2.75, 3.05) is 5.32 Å². The molecule has 1 aliphatic rings. The second kappa shape index (κ2) is 6.10. The monoisotopic (exact) mass is 282 g/mol. The number of aliphatic carboxylic acids is 1. The number of aromatic nitrogens is 2. The Kier molecular flexibility index (Phi) is 4.47. The van der Waals surface area contributed by atoms with Gasteiger partial charge in [-0.05, 0) is 19.3 Å². The van der Waals surface area contributed by atoms with Gasteiger partial charge in [-0.1, -0.05) is 31.1 Å². The van der Waals surface area contributed by atoms with Crippen molar-refractivity contribution >= 4 is 28.3 Å². The lowest BCUT2D eigenvalue weighted by molar-refractivity contribution is -0.313. The molecule has 0 spiro atoms. The molecule has 1 amide bonds. The van der Waals surface area contributed by atoms with Gasteiger partial charge in [0.05, 0.1) is 0 Å². The highest BCUT2D eigenvalue weighted by Gasteiger charge is 2.32. The fraction of sp³-hybridized carbons (Fsp3) is 0.667. The van der Waals surface area contributed by atoms with Crippen molar-refractivity contribution in [2.24, 2.45) is 11.8 Å². The molecule has 1 fully saturated rings. The summed E-state index contributed by atoms with van der Waals surface area (Å²) in [5.74, 6) is -2.63. The van der Waals surface area contributed by atoms with Crippen LogP contribution >= 0.6 is 11.3 Å². The van der Waals surface area contributed by atoms with Gasteiger partial charge in [-0.15, -0.1) is 10.2 Å². The smallest absolute Gasteiger partial charge is 0.229 e. The summed E-state index contributed by atoms with van der Waals surface area (Å²) in [5.41, 5.74) is 0. The number of carboxylic acids is 1. The van der Waals surface area contributed by atoms with Crippen molar-refractivity contribution in [2.45, 2.75) is 39.0 Å². The molecule has 104 valence electrons. The van der Waals surface area contributed by atoms with Crippen LogP contribution in [0.2, 0.25) is 0 Å². The number of nitrogens with zero attached hydrogens (tertiary/aromatic N) is 2. The first-order chi connectivity index (χ1) is 9.11. The Morgan fingerprint density at radius 1 is 1.32 bits per heavy atom.